The standard InChI is InChI=1S/C18H18O5/c19-15-7-1-13(2-8-15)5-11-17(21)23-18(22)12-6-14-3-9-16(20)10-4-14/h1-4,7-10,19-20H,5-6,11-12H2. The first kappa shape index (κ1) is 16.5. The Morgan fingerprint density at radius 2 is 1.04 bits per heavy atom. The van der Waals surface area contributed by atoms with E-state index in [-0.39, 0.29) is 24.3 Å². The minimum absolute atomic E-state index is 0.107. The number of esters is 2. The second-order valence-corrected chi connectivity index (χ2v) is 5.18. The Kier molecular flexibility index (Phi) is 5.74. The number of rotatable bonds is 6. The van der Waals surface area contributed by atoms with E-state index in [1.807, 2.05) is 0 Å². The Bertz CT molecular complexity index is 599. The van der Waals surface area contributed by atoms with Gasteiger partial charge in [0, 0.05) is 0 Å². The van der Waals surface area contributed by atoms with E-state index < -0.39 is 11.9 Å². The maximum atomic E-state index is 11.6. The summed E-state index contributed by atoms with van der Waals surface area (Å²) in [6.07, 6.45) is 1.11. The van der Waals surface area contributed by atoms with Crippen molar-refractivity contribution in [2.24, 2.45) is 0 Å². The van der Waals surface area contributed by atoms with Crippen LogP contribution in [0.5, 0.6) is 11.5 Å². The Hall–Kier alpha value is -2.82. The van der Waals surface area contributed by atoms with Gasteiger partial charge in [-0.2, -0.15) is 0 Å². The molecule has 0 spiro atoms. The number of aromatic hydroxyl groups is 2. The molecule has 0 bridgehead atoms. The van der Waals surface area contributed by atoms with Crippen LogP contribution in [0.4, 0.5) is 0 Å². The van der Waals surface area contributed by atoms with Gasteiger partial charge in [0.15, 0.2) is 0 Å². The maximum Gasteiger partial charge on any atom is 0.313 e. The molecule has 0 saturated heterocycles. The van der Waals surface area contributed by atoms with Crippen molar-refractivity contribution >= 4 is 11.9 Å². The molecule has 2 N–H and O–H groups in total. The number of phenolic OH excluding ortho intramolecular Hbond substituents is 2. The third-order valence-corrected chi connectivity index (χ3v) is 3.34. The van der Waals surface area contributed by atoms with Gasteiger partial charge in [-0.25, -0.2) is 0 Å². The zero-order chi connectivity index (χ0) is 16.7. The van der Waals surface area contributed by atoms with Gasteiger partial charge in [-0.15, -0.1) is 0 Å². The molecule has 0 aliphatic rings. The molecule has 0 saturated carbocycles. The van der Waals surface area contributed by atoms with Crippen LogP contribution in [0, 0.1) is 0 Å². The van der Waals surface area contributed by atoms with Gasteiger partial charge in [0.25, 0.3) is 0 Å². The van der Waals surface area contributed by atoms with E-state index in [2.05, 4.69) is 0 Å². The summed E-state index contributed by atoms with van der Waals surface area (Å²) >= 11 is 0. The first-order chi connectivity index (χ1) is 11.0. The lowest BCUT2D eigenvalue weighted by Crippen LogP contribution is -2.13. The van der Waals surface area contributed by atoms with Crippen LogP contribution in [0.1, 0.15) is 24.0 Å². The van der Waals surface area contributed by atoms with Gasteiger partial charge in [-0.1, -0.05) is 24.3 Å². The van der Waals surface area contributed by atoms with Crippen molar-refractivity contribution in [1.82, 2.24) is 0 Å². The average molecular weight is 314 g/mol. The van der Waals surface area contributed by atoms with E-state index >= 15 is 0 Å². The van der Waals surface area contributed by atoms with Crippen molar-refractivity contribution < 1.29 is 24.5 Å². The molecule has 2 aromatic carbocycles. The highest BCUT2D eigenvalue weighted by atomic mass is 16.6. The number of benzene rings is 2. The third-order valence-electron chi connectivity index (χ3n) is 3.34. The van der Waals surface area contributed by atoms with E-state index in [4.69, 9.17) is 4.74 Å². The van der Waals surface area contributed by atoms with Crippen LogP contribution in [-0.4, -0.2) is 22.2 Å². The van der Waals surface area contributed by atoms with Gasteiger partial charge in [0.05, 0.1) is 12.8 Å². The predicted molar refractivity (Wildman–Crippen MR) is 84.0 cm³/mol. The smallest absolute Gasteiger partial charge is 0.313 e. The quantitative estimate of drug-likeness (QED) is 0.632. The summed E-state index contributed by atoms with van der Waals surface area (Å²) in [6, 6.07) is 13.1. The fraction of sp³-hybridized carbons (Fsp3) is 0.222. The predicted octanol–water partition coefficient (Wildman–Crippen LogP) is 2.73. The third kappa shape index (κ3) is 5.82. The van der Waals surface area contributed by atoms with E-state index in [0.29, 0.717) is 12.8 Å². The monoisotopic (exact) mass is 314 g/mol. The Labute approximate surface area is 134 Å². The number of hydrogen-bond donors (Lipinski definition) is 2. The first-order valence-corrected chi connectivity index (χ1v) is 7.32. The molecule has 0 radical (unpaired) electrons. The second kappa shape index (κ2) is 7.98. The Balaban J connectivity index is 1.70. The van der Waals surface area contributed by atoms with E-state index in [9.17, 15) is 19.8 Å². The normalized spacial score (nSPS) is 10.3. The fourth-order valence-corrected chi connectivity index (χ4v) is 2.05. The van der Waals surface area contributed by atoms with Gasteiger partial charge in [-0.05, 0) is 48.2 Å². The molecule has 0 heterocycles. The molecule has 0 unspecified atom stereocenters. The van der Waals surface area contributed by atoms with Crippen molar-refractivity contribution in [2.75, 3.05) is 0 Å². The average Bonchev–Trinajstić information content (AvgIpc) is 2.54. The van der Waals surface area contributed by atoms with Crippen LogP contribution in [0.3, 0.4) is 0 Å². The molecule has 120 valence electrons. The SMILES string of the molecule is O=C(CCc1ccc(O)cc1)OC(=O)CCc1ccc(O)cc1. The summed E-state index contributed by atoms with van der Waals surface area (Å²) in [5, 5.41) is 18.3. The van der Waals surface area contributed by atoms with Gasteiger partial charge < -0.3 is 14.9 Å². The van der Waals surface area contributed by atoms with Gasteiger partial charge in [0.1, 0.15) is 11.5 Å². The fourth-order valence-electron chi connectivity index (χ4n) is 2.05. The van der Waals surface area contributed by atoms with Crippen molar-refractivity contribution in [2.45, 2.75) is 25.7 Å². The molecular weight excluding hydrogens is 296 g/mol. The molecule has 2 aromatic rings. The molecule has 5 heteroatoms. The molecule has 0 aromatic heterocycles. The molecule has 0 aliphatic carbocycles. The molecule has 2 rings (SSSR count). The minimum atomic E-state index is -0.561. The van der Waals surface area contributed by atoms with Crippen LogP contribution in [0.2, 0.25) is 0 Å². The summed E-state index contributed by atoms with van der Waals surface area (Å²) in [4.78, 5) is 23.2. The molecule has 23 heavy (non-hydrogen) atoms. The number of carbonyl (C=O) groups is 2. The number of hydrogen-bond acceptors (Lipinski definition) is 5. The van der Waals surface area contributed by atoms with Crippen molar-refractivity contribution in [3.63, 3.8) is 0 Å². The first-order valence-electron chi connectivity index (χ1n) is 7.32. The molecule has 0 fully saturated rings. The molecule has 0 amide bonds. The summed E-state index contributed by atoms with van der Waals surface area (Å²) in [5.74, 6) is -0.788. The Morgan fingerprint density at radius 1 is 0.696 bits per heavy atom. The van der Waals surface area contributed by atoms with E-state index in [1.54, 1.807) is 48.5 Å². The molecule has 0 atom stereocenters. The van der Waals surface area contributed by atoms with E-state index in [1.165, 1.54) is 0 Å². The van der Waals surface area contributed by atoms with Crippen molar-refractivity contribution in [3.05, 3.63) is 59.7 Å². The number of aryl methyl sites for hydroxylation is 2. The van der Waals surface area contributed by atoms with Gasteiger partial charge >= 0.3 is 11.9 Å². The summed E-state index contributed by atoms with van der Waals surface area (Å²) in [6.45, 7) is 0. The van der Waals surface area contributed by atoms with Gasteiger partial charge in [-0.3, -0.25) is 9.59 Å². The summed E-state index contributed by atoms with van der Waals surface area (Å²) in [5.41, 5.74) is 1.77. The zero-order valence-electron chi connectivity index (χ0n) is 12.6. The highest BCUT2D eigenvalue weighted by Crippen LogP contribution is 2.13. The summed E-state index contributed by atoms with van der Waals surface area (Å²) in [7, 11) is 0. The highest BCUT2D eigenvalue weighted by molar-refractivity contribution is 5.85. The van der Waals surface area contributed by atoms with Gasteiger partial charge in [0.2, 0.25) is 0 Å². The molecular formula is C18H18O5. The van der Waals surface area contributed by atoms with Crippen molar-refractivity contribution in [3.8, 4) is 11.5 Å². The zero-order valence-corrected chi connectivity index (χ0v) is 12.6. The topological polar surface area (TPSA) is 83.8 Å². The van der Waals surface area contributed by atoms with Crippen LogP contribution in [0.25, 0.3) is 0 Å². The lowest BCUT2D eigenvalue weighted by Gasteiger charge is -2.04. The summed E-state index contributed by atoms with van der Waals surface area (Å²) < 4.78 is 4.76. The molecule has 5 nitrogen and oxygen atoms in total. The lowest BCUT2D eigenvalue weighted by molar-refractivity contribution is -0.159. The highest BCUT2D eigenvalue weighted by Gasteiger charge is 2.11. The minimum Gasteiger partial charge on any atom is -0.508 e. The van der Waals surface area contributed by atoms with Crippen LogP contribution < -0.4 is 0 Å². The second-order valence-electron chi connectivity index (χ2n) is 5.18. The molecule has 0 aliphatic heterocycles. The lowest BCUT2D eigenvalue weighted by atomic mass is 10.1. The number of ether oxygens (including phenoxy) is 1. The van der Waals surface area contributed by atoms with Crippen molar-refractivity contribution in [1.29, 1.82) is 0 Å². The number of phenols is 2. The Morgan fingerprint density at radius 3 is 1.39 bits per heavy atom. The van der Waals surface area contributed by atoms with Crippen LogP contribution in [-0.2, 0) is 27.2 Å². The maximum absolute atomic E-state index is 11.6. The number of carbonyl (C=O) groups excluding carboxylic acids is 2. The van der Waals surface area contributed by atoms with Crippen LogP contribution >= 0.6 is 0 Å². The van der Waals surface area contributed by atoms with Crippen LogP contribution in [0.15, 0.2) is 48.5 Å². The van der Waals surface area contributed by atoms with E-state index in [0.717, 1.165) is 11.1 Å². The largest absolute Gasteiger partial charge is 0.508 e.